The van der Waals surface area contributed by atoms with E-state index in [1.165, 1.54) is 0 Å². The molecular formula is C18H18O2. The summed E-state index contributed by atoms with van der Waals surface area (Å²) < 4.78 is 5.77. The summed E-state index contributed by atoms with van der Waals surface area (Å²) in [6.07, 6.45) is 0. The first-order valence-corrected chi connectivity index (χ1v) is 6.87. The van der Waals surface area contributed by atoms with Crippen molar-refractivity contribution < 1.29 is 9.53 Å². The second-order valence-electron chi connectivity index (χ2n) is 5.80. The van der Waals surface area contributed by atoms with E-state index in [0.717, 1.165) is 11.1 Å². The van der Waals surface area contributed by atoms with Crippen LogP contribution in [0.25, 0.3) is 0 Å². The van der Waals surface area contributed by atoms with E-state index in [4.69, 9.17) is 4.74 Å². The fraction of sp³-hybridized carbons (Fsp3) is 0.278. The van der Waals surface area contributed by atoms with E-state index in [1.54, 1.807) is 0 Å². The largest absolute Gasteiger partial charge is 0.363 e. The van der Waals surface area contributed by atoms with Crippen LogP contribution in [0, 0.1) is 5.41 Å². The number of ether oxygens (including phenoxy) is 1. The summed E-state index contributed by atoms with van der Waals surface area (Å²) in [6, 6.07) is 19.5. The van der Waals surface area contributed by atoms with E-state index in [0.29, 0.717) is 6.61 Å². The lowest BCUT2D eigenvalue weighted by Gasteiger charge is -2.31. The first kappa shape index (κ1) is 13.1. The second kappa shape index (κ2) is 4.57. The zero-order valence-electron chi connectivity index (χ0n) is 11.8. The fourth-order valence-electron chi connectivity index (χ4n) is 2.80. The molecule has 0 spiro atoms. The Balaban J connectivity index is 1.98. The number of Topliss-reactive ketones (excluding diaryl/α,β-unsaturated/α-hetero) is 1. The summed E-state index contributed by atoms with van der Waals surface area (Å²) in [7, 11) is 0. The Bertz CT molecular complexity index is 610. The maximum atomic E-state index is 12.8. The smallest absolute Gasteiger partial charge is 0.171 e. The lowest BCUT2D eigenvalue weighted by atomic mass is 9.70. The third-order valence-electron chi connectivity index (χ3n) is 4.29. The molecule has 1 fully saturated rings. The van der Waals surface area contributed by atoms with Gasteiger partial charge in [0.15, 0.2) is 5.78 Å². The zero-order valence-corrected chi connectivity index (χ0v) is 11.8. The average molecular weight is 266 g/mol. The minimum Gasteiger partial charge on any atom is -0.363 e. The van der Waals surface area contributed by atoms with Gasteiger partial charge in [0, 0.05) is 5.56 Å². The van der Waals surface area contributed by atoms with Crippen molar-refractivity contribution in [1.82, 2.24) is 0 Å². The Morgan fingerprint density at radius 3 is 2.00 bits per heavy atom. The van der Waals surface area contributed by atoms with Crippen molar-refractivity contribution in [2.24, 2.45) is 5.41 Å². The van der Waals surface area contributed by atoms with Crippen molar-refractivity contribution in [3.8, 4) is 0 Å². The number of carbonyl (C=O) groups excluding carboxylic acids is 1. The van der Waals surface area contributed by atoms with Gasteiger partial charge in [-0.2, -0.15) is 0 Å². The molecule has 0 radical (unpaired) electrons. The van der Waals surface area contributed by atoms with Gasteiger partial charge in [0.2, 0.25) is 0 Å². The number of carbonyl (C=O) groups is 1. The molecule has 0 saturated carbocycles. The van der Waals surface area contributed by atoms with Gasteiger partial charge in [-0.3, -0.25) is 4.79 Å². The van der Waals surface area contributed by atoms with Gasteiger partial charge in [0.1, 0.15) is 5.60 Å². The fourth-order valence-corrected chi connectivity index (χ4v) is 2.80. The first-order chi connectivity index (χ1) is 9.58. The second-order valence-corrected chi connectivity index (χ2v) is 5.80. The number of hydrogen-bond acceptors (Lipinski definition) is 2. The van der Waals surface area contributed by atoms with Gasteiger partial charge in [-0.05, 0) is 19.4 Å². The maximum absolute atomic E-state index is 12.8. The van der Waals surface area contributed by atoms with Gasteiger partial charge < -0.3 is 4.74 Å². The Hall–Kier alpha value is -1.93. The minimum absolute atomic E-state index is 0.124. The highest BCUT2D eigenvalue weighted by atomic mass is 16.6. The van der Waals surface area contributed by atoms with Crippen LogP contribution in [0.2, 0.25) is 0 Å². The SMILES string of the molecule is CC(C)(C(=O)c1ccccc1)C1(c2ccccc2)CO1. The third kappa shape index (κ3) is 1.88. The number of ketones is 1. The molecule has 2 aromatic carbocycles. The van der Waals surface area contributed by atoms with Crippen LogP contribution in [0.5, 0.6) is 0 Å². The molecule has 1 aliphatic rings. The van der Waals surface area contributed by atoms with Gasteiger partial charge in [-0.25, -0.2) is 0 Å². The maximum Gasteiger partial charge on any atom is 0.171 e. The zero-order chi connectivity index (χ0) is 14.2. The average Bonchev–Trinajstić information content (AvgIpc) is 3.30. The summed E-state index contributed by atoms with van der Waals surface area (Å²) >= 11 is 0. The van der Waals surface area contributed by atoms with Crippen LogP contribution >= 0.6 is 0 Å². The Labute approximate surface area is 119 Å². The number of epoxide rings is 1. The number of benzene rings is 2. The molecule has 20 heavy (non-hydrogen) atoms. The molecule has 2 aromatic rings. The molecule has 0 aliphatic carbocycles. The molecule has 2 heteroatoms. The van der Waals surface area contributed by atoms with Crippen molar-refractivity contribution in [3.63, 3.8) is 0 Å². The molecule has 0 amide bonds. The van der Waals surface area contributed by atoms with Crippen LogP contribution in [0.1, 0.15) is 29.8 Å². The molecule has 1 aliphatic heterocycles. The molecule has 1 saturated heterocycles. The van der Waals surface area contributed by atoms with Crippen LogP contribution in [0.15, 0.2) is 60.7 Å². The summed E-state index contributed by atoms with van der Waals surface area (Å²) in [5, 5.41) is 0. The van der Waals surface area contributed by atoms with E-state index >= 15 is 0 Å². The normalized spacial score (nSPS) is 21.5. The highest BCUT2D eigenvalue weighted by Gasteiger charge is 2.61. The molecule has 102 valence electrons. The van der Waals surface area contributed by atoms with Crippen molar-refractivity contribution in [2.75, 3.05) is 6.61 Å². The number of hydrogen-bond donors (Lipinski definition) is 0. The van der Waals surface area contributed by atoms with Crippen LogP contribution in [-0.4, -0.2) is 12.4 Å². The van der Waals surface area contributed by atoms with Gasteiger partial charge in [0.05, 0.1) is 12.0 Å². The quantitative estimate of drug-likeness (QED) is 0.622. The first-order valence-electron chi connectivity index (χ1n) is 6.87. The van der Waals surface area contributed by atoms with E-state index < -0.39 is 11.0 Å². The van der Waals surface area contributed by atoms with E-state index in [1.807, 2.05) is 74.5 Å². The predicted octanol–water partition coefficient (Wildman–Crippen LogP) is 3.82. The molecule has 0 N–H and O–H groups in total. The highest BCUT2D eigenvalue weighted by molar-refractivity contribution is 6.01. The Kier molecular flexibility index (Phi) is 2.98. The summed E-state index contributed by atoms with van der Waals surface area (Å²) in [4.78, 5) is 12.8. The van der Waals surface area contributed by atoms with Gasteiger partial charge in [-0.15, -0.1) is 0 Å². The molecule has 1 atom stereocenters. The summed E-state index contributed by atoms with van der Waals surface area (Å²) in [6.45, 7) is 4.55. The monoisotopic (exact) mass is 266 g/mol. The lowest BCUT2D eigenvalue weighted by molar-refractivity contribution is 0.0659. The van der Waals surface area contributed by atoms with Crippen LogP contribution in [-0.2, 0) is 10.3 Å². The van der Waals surface area contributed by atoms with Gasteiger partial charge in [0.25, 0.3) is 0 Å². The summed E-state index contributed by atoms with van der Waals surface area (Å²) in [5.41, 5.74) is 0.745. The van der Waals surface area contributed by atoms with Gasteiger partial charge >= 0.3 is 0 Å². The van der Waals surface area contributed by atoms with Crippen LogP contribution < -0.4 is 0 Å². The van der Waals surface area contributed by atoms with Crippen molar-refractivity contribution in [2.45, 2.75) is 19.4 Å². The van der Waals surface area contributed by atoms with Gasteiger partial charge in [-0.1, -0.05) is 60.7 Å². The molecular weight excluding hydrogens is 248 g/mol. The number of rotatable bonds is 4. The molecule has 1 unspecified atom stereocenters. The Morgan fingerprint density at radius 2 is 1.50 bits per heavy atom. The molecule has 3 rings (SSSR count). The molecule has 0 bridgehead atoms. The van der Waals surface area contributed by atoms with Crippen molar-refractivity contribution >= 4 is 5.78 Å². The van der Waals surface area contributed by atoms with Crippen LogP contribution in [0.4, 0.5) is 0 Å². The summed E-state index contributed by atoms with van der Waals surface area (Å²) in [5.74, 6) is 0.124. The third-order valence-corrected chi connectivity index (χ3v) is 4.29. The topological polar surface area (TPSA) is 29.6 Å². The molecule has 2 nitrogen and oxygen atoms in total. The van der Waals surface area contributed by atoms with Crippen molar-refractivity contribution in [1.29, 1.82) is 0 Å². The highest BCUT2D eigenvalue weighted by Crippen LogP contribution is 2.53. The Morgan fingerprint density at radius 1 is 1.00 bits per heavy atom. The van der Waals surface area contributed by atoms with E-state index in [2.05, 4.69) is 0 Å². The van der Waals surface area contributed by atoms with E-state index in [9.17, 15) is 4.79 Å². The van der Waals surface area contributed by atoms with Crippen LogP contribution in [0.3, 0.4) is 0 Å². The van der Waals surface area contributed by atoms with Crippen molar-refractivity contribution in [3.05, 3.63) is 71.8 Å². The molecule has 1 heterocycles. The minimum atomic E-state index is -0.588. The lowest BCUT2D eigenvalue weighted by Crippen LogP contribution is -2.38. The van der Waals surface area contributed by atoms with E-state index in [-0.39, 0.29) is 5.78 Å². The standard InChI is InChI=1S/C18H18O2/c1-17(2,16(19)14-9-5-3-6-10-14)18(13-20-18)15-11-7-4-8-12-15/h3-12H,13H2,1-2H3. The molecule has 0 aromatic heterocycles. The predicted molar refractivity (Wildman–Crippen MR) is 78.6 cm³/mol.